The summed E-state index contributed by atoms with van der Waals surface area (Å²) in [5.41, 5.74) is 0.549. The molecule has 0 bridgehead atoms. The van der Waals surface area contributed by atoms with E-state index in [0.717, 1.165) is 17.7 Å². The number of hydrogen-bond donors (Lipinski definition) is 2. The standard InChI is InChI=1S/C14H11NO5.ClH/c1-8-2-4-9(5-3-8)13(17)10-6-11(15(19)20)14(18)12(16)7-10;/h2-7,16,18H,1H3;1H. The topological polar surface area (TPSA) is 101 Å². The van der Waals surface area contributed by atoms with Crippen molar-refractivity contribution in [2.75, 3.05) is 0 Å². The van der Waals surface area contributed by atoms with Gasteiger partial charge < -0.3 is 10.2 Å². The number of phenolic OH excluding ortho intramolecular Hbond substituents is 2. The maximum Gasteiger partial charge on any atom is 0.315 e. The molecule has 0 aromatic heterocycles. The minimum Gasteiger partial charge on any atom is -0.504 e. The number of halogens is 1. The van der Waals surface area contributed by atoms with Gasteiger partial charge >= 0.3 is 5.69 Å². The zero-order valence-electron chi connectivity index (χ0n) is 10.9. The fourth-order valence-electron chi connectivity index (χ4n) is 1.75. The van der Waals surface area contributed by atoms with E-state index in [1.54, 1.807) is 24.3 Å². The van der Waals surface area contributed by atoms with Crippen LogP contribution in [-0.2, 0) is 0 Å². The Bertz CT molecular complexity index is 697. The molecule has 2 aromatic carbocycles. The van der Waals surface area contributed by atoms with Gasteiger partial charge in [-0.25, -0.2) is 0 Å². The molecule has 110 valence electrons. The number of hydrogen-bond acceptors (Lipinski definition) is 5. The van der Waals surface area contributed by atoms with Crippen LogP contribution in [0, 0.1) is 17.0 Å². The van der Waals surface area contributed by atoms with E-state index >= 15 is 0 Å². The van der Waals surface area contributed by atoms with E-state index in [1.807, 2.05) is 6.92 Å². The lowest BCUT2D eigenvalue weighted by Gasteiger charge is -2.05. The quantitative estimate of drug-likeness (QED) is 0.393. The minimum atomic E-state index is -0.860. The molecule has 0 aliphatic heterocycles. The average molecular weight is 310 g/mol. The maximum absolute atomic E-state index is 12.2. The van der Waals surface area contributed by atoms with Gasteiger partial charge in [0.15, 0.2) is 11.5 Å². The van der Waals surface area contributed by atoms with Crippen molar-refractivity contribution in [3.8, 4) is 11.5 Å². The summed E-state index contributed by atoms with van der Waals surface area (Å²) in [5, 5.41) is 29.6. The van der Waals surface area contributed by atoms with E-state index in [2.05, 4.69) is 0 Å². The predicted octanol–water partition coefficient (Wildman–Crippen LogP) is 2.97. The Morgan fingerprint density at radius 3 is 2.19 bits per heavy atom. The first-order valence-electron chi connectivity index (χ1n) is 5.72. The Morgan fingerprint density at radius 2 is 1.67 bits per heavy atom. The Balaban J connectivity index is 0.00000220. The van der Waals surface area contributed by atoms with Crippen molar-refractivity contribution in [2.24, 2.45) is 0 Å². The molecule has 0 spiro atoms. The van der Waals surface area contributed by atoms with Crippen molar-refractivity contribution in [1.82, 2.24) is 0 Å². The van der Waals surface area contributed by atoms with Gasteiger partial charge in [-0.3, -0.25) is 14.9 Å². The number of phenols is 2. The van der Waals surface area contributed by atoms with E-state index < -0.39 is 27.9 Å². The number of rotatable bonds is 3. The van der Waals surface area contributed by atoms with Gasteiger partial charge in [0.2, 0.25) is 5.75 Å². The number of nitrogens with zero attached hydrogens (tertiary/aromatic N) is 1. The Morgan fingerprint density at radius 1 is 1.10 bits per heavy atom. The molecule has 0 aliphatic carbocycles. The normalized spacial score (nSPS) is 9.76. The lowest BCUT2D eigenvalue weighted by Crippen LogP contribution is -2.02. The van der Waals surface area contributed by atoms with Crippen LogP contribution in [0.15, 0.2) is 36.4 Å². The van der Waals surface area contributed by atoms with Gasteiger partial charge in [0, 0.05) is 17.2 Å². The highest BCUT2D eigenvalue weighted by Gasteiger charge is 2.22. The number of carbonyl (C=O) groups is 1. The molecule has 0 amide bonds. The van der Waals surface area contributed by atoms with Gasteiger partial charge in [0.25, 0.3) is 0 Å². The summed E-state index contributed by atoms with van der Waals surface area (Å²) in [6.45, 7) is 1.87. The monoisotopic (exact) mass is 309 g/mol. The third-order valence-corrected chi connectivity index (χ3v) is 2.84. The summed E-state index contributed by atoms with van der Waals surface area (Å²) in [6, 6.07) is 8.60. The maximum atomic E-state index is 12.2. The van der Waals surface area contributed by atoms with Gasteiger partial charge in [0.1, 0.15) is 0 Å². The molecule has 0 radical (unpaired) electrons. The van der Waals surface area contributed by atoms with Crippen LogP contribution in [0.25, 0.3) is 0 Å². The summed E-state index contributed by atoms with van der Waals surface area (Å²) in [7, 11) is 0. The number of nitro groups is 1. The molecule has 0 unspecified atom stereocenters. The van der Waals surface area contributed by atoms with Crippen molar-refractivity contribution < 1.29 is 19.9 Å². The average Bonchev–Trinajstić information content (AvgIpc) is 2.41. The SMILES string of the molecule is Cc1ccc(C(=O)c2cc(O)c(O)c([N+](=O)[O-])c2)cc1.Cl. The summed E-state index contributed by atoms with van der Waals surface area (Å²) >= 11 is 0. The predicted molar refractivity (Wildman–Crippen MR) is 78.3 cm³/mol. The minimum absolute atomic E-state index is 0. The molecule has 21 heavy (non-hydrogen) atoms. The van der Waals surface area contributed by atoms with Crippen LogP contribution in [0.3, 0.4) is 0 Å². The molecule has 0 atom stereocenters. The molecule has 0 heterocycles. The molecule has 0 saturated heterocycles. The molecule has 2 aromatic rings. The number of nitro benzene ring substituents is 1. The second-order valence-electron chi connectivity index (χ2n) is 4.32. The van der Waals surface area contributed by atoms with Crippen molar-refractivity contribution >= 4 is 23.9 Å². The highest BCUT2D eigenvalue weighted by Crippen LogP contribution is 2.36. The van der Waals surface area contributed by atoms with Gasteiger partial charge in [-0.1, -0.05) is 29.8 Å². The first-order chi connectivity index (χ1) is 9.40. The second-order valence-corrected chi connectivity index (χ2v) is 4.32. The van der Waals surface area contributed by atoms with Crippen LogP contribution >= 0.6 is 12.4 Å². The van der Waals surface area contributed by atoms with E-state index in [-0.39, 0.29) is 18.0 Å². The molecule has 7 heteroatoms. The zero-order valence-corrected chi connectivity index (χ0v) is 11.8. The second kappa shape index (κ2) is 6.23. The molecular formula is C14H12ClNO5. The zero-order chi connectivity index (χ0) is 14.9. The fraction of sp³-hybridized carbons (Fsp3) is 0.0714. The van der Waals surface area contributed by atoms with Crippen molar-refractivity contribution in [3.05, 3.63) is 63.2 Å². The first-order valence-corrected chi connectivity index (χ1v) is 5.72. The Labute approximate surface area is 126 Å². The summed E-state index contributed by atoms with van der Waals surface area (Å²) in [6.07, 6.45) is 0. The Hall–Kier alpha value is -2.60. The van der Waals surface area contributed by atoms with Gasteiger partial charge in [-0.2, -0.15) is 0 Å². The Kier molecular flexibility index (Phi) is 4.88. The largest absolute Gasteiger partial charge is 0.504 e. The van der Waals surface area contributed by atoms with E-state index in [0.29, 0.717) is 5.56 Å². The van der Waals surface area contributed by atoms with Crippen LogP contribution in [-0.4, -0.2) is 20.9 Å². The summed E-state index contributed by atoms with van der Waals surface area (Å²) in [4.78, 5) is 22.1. The van der Waals surface area contributed by atoms with Crippen LogP contribution in [0.1, 0.15) is 21.5 Å². The first kappa shape index (κ1) is 16.5. The third kappa shape index (κ3) is 3.29. The molecule has 0 aliphatic rings. The highest BCUT2D eigenvalue weighted by molar-refractivity contribution is 6.09. The van der Waals surface area contributed by atoms with E-state index in [4.69, 9.17) is 0 Å². The summed E-state index contributed by atoms with van der Waals surface area (Å²) < 4.78 is 0. The number of benzene rings is 2. The van der Waals surface area contributed by atoms with Crippen molar-refractivity contribution in [1.29, 1.82) is 0 Å². The lowest BCUT2D eigenvalue weighted by atomic mass is 10.0. The smallest absolute Gasteiger partial charge is 0.315 e. The van der Waals surface area contributed by atoms with Crippen LogP contribution in [0.2, 0.25) is 0 Å². The number of aryl methyl sites for hydroxylation is 1. The lowest BCUT2D eigenvalue weighted by molar-refractivity contribution is -0.386. The molecule has 6 nitrogen and oxygen atoms in total. The van der Waals surface area contributed by atoms with Crippen LogP contribution in [0.4, 0.5) is 5.69 Å². The molecule has 0 fully saturated rings. The van der Waals surface area contributed by atoms with E-state index in [9.17, 15) is 25.1 Å². The summed E-state index contributed by atoms with van der Waals surface area (Å²) in [5.74, 6) is -2.02. The van der Waals surface area contributed by atoms with Crippen molar-refractivity contribution in [3.63, 3.8) is 0 Å². The van der Waals surface area contributed by atoms with Crippen LogP contribution in [0.5, 0.6) is 11.5 Å². The number of aromatic hydroxyl groups is 2. The molecular weight excluding hydrogens is 298 g/mol. The van der Waals surface area contributed by atoms with Gasteiger partial charge in [0.05, 0.1) is 4.92 Å². The molecule has 0 saturated carbocycles. The highest BCUT2D eigenvalue weighted by atomic mass is 35.5. The van der Waals surface area contributed by atoms with Gasteiger partial charge in [-0.15, -0.1) is 12.4 Å². The van der Waals surface area contributed by atoms with E-state index in [1.165, 1.54) is 0 Å². The molecule has 2 rings (SSSR count). The number of ketones is 1. The third-order valence-electron chi connectivity index (χ3n) is 2.84. The fourth-order valence-corrected chi connectivity index (χ4v) is 1.75. The van der Waals surface area contributed by atoms with Crippen LogP contribution < -0.4 is 0 Å². The van der Waals surface area contributed by atoms with Gasteiger partial charge in [-0.05, 0) is 13.0 Å². The molecule has 2 N–H and O–H groups in total. The number of carbonyl (C=O) groups excluding carboxylic acids is 1. The van der Waals surface area contributed by atoms with Crippen molar-refractivity contribution in [2.45, 2.75) is 6.92 Å².